The molecule has 0 saturated carbocycles. The molecular weight excluding hydrogens is 266 g/mol. The zero-order valence-electron chi connectivity index (χ0n) is 11.3. The van der Waals surface area contributed by atoms with E-state index in [1.807, 2.05) is 6.92 Å². The first kappa shape index (κ1) is 16.1. The van der Waals surface area contributed by atoms with Gasteiger partial charge in [-0.3, -0.25) is 0 Å². The topological polar surface area (TPSA) is 77.8 Å². The van der Waals surface area contributed by atoms with Gasteiger partial charge in [0, 0.05) is 13.1 Å². The third-order valence-electron chi connectivity index (χ3n) is 2.97. The van der Waals surface area contributed by atoms with Crippen LogP contribution in [-0.2, 0) is 10.0 Å². The predicted molar refractivity (Wildman–Crippen MR) is 73.2 cm³/mol. The van der Waals surface area contributed by atoms with E-state index in [9.17, 15) is 13.5 Å². The minimum absolute atomic E-state index is 0.0688. The van der Waals surface area contributed by atoms with Crippen LogP contribution in [0.25, 0.3) is 0 Å². The monoisotopic (exact) mass is 287 g/mol. The Labute approximate surface area is 114 Å². The highest BCUT2D eigenvalue weighted by molar-refractivity contribution is 7.89. The van der Waals surface area contributed by atoms with E-state index in [0.29, 0.717) is 18.5 Å². The van der Waals surface area contributed by atoms with Gasteiger partial charge in [-0.25, -0.2) is 8.42 Å². The van der Waals surface area contributed by atoms with Crippen molar-refractivity contribution in [3.05, 3.63) is 29.8 Å². The fourth-order valence-electron chi connectivity index (χ4n) is 1.83. The van der Waals surface area contributed by atoms with Gasteiger partial charge in [0.2, 0.25) is 10.0 Å². The highest BCUT2D eigenvalue weighted by atomic mass is 32.2. The molecule has 0 aromatic heterocycles. The highest BCUT2D eigenvalue weighted by Crippen LogP contribution is 2.22. The van der Waals surface area contributed by atoms with Crippen molar-refractivity contribution in [2.45, 2.75) is 31.3 Å². The summed E-state index contributed by atoms with van der Waals surface area (Å²) >= 11 is 0. The summed E-state index contributed by atoms with van der Waals surface area (Å²) in [6.45, 7) is 3.70. The van der Waals surface area contributed by atoms with Crippen LogP contribution >= 0.6 is 0 Å². The molecule has 0 saturated heterocycles. The van der Waals surface area contributed by atoms with Crippen LogP contribution < -0.4 is 0 Å². The predicted octanol–water partition coefficient (Wildman–Crippen LogP) is 1.13. The molecule has 6 heteroatoms. The number of sulfonamides is 1. The Balaban J connectivity index is 3.14. The van der Waals surface area contributed by atoms with E-state index >= 15 is 0 Å². The van der Waals surface area contributed by atoms with Crippen molar-refractivity contribution in [3.8, 4) is 0 Å². The van der Waals surface area contributed by atoms with Gasteiger partial charge in [0.05, 0.1) is 17.6 Å². The lowest BCUT2D eigenvalue weighted by molar-refractivity contribution is 0.173. The Morgan fingerprint density at radius 3 is 2.53 bits per heavy atom. The summed E-state index contributed by atoms with van der Waals surface area (Å²) in [7, 11) is -3.62. The molecule has 5 nitrogen and oxygen atoms in total. The van der Waals surface area contributed by atoms with Crippen LogP contribution in [0, 0.1) is 0 Å². The second kappa shape index (κ2) is 7.00. The Kier molecular flexibility index (Phi) is 5.93. The van der Waals surface area contributed by atoms with Crippen LogP contribution in [0.2, 0.25) is 0 Å². The van der Waals surface area contributed by atoms with Crippen molar-refractivity contribution in [2.24, 2.45) is 0 Å². The fourth-order valence-corrected chi connectivity index (χ4v) is 3.32. The molecule has 19 heavy (non-hydrogen) atoms. The van der Waals surface area contributed by atoms with Crippen LogP contribution in [-0.4, -0.2) is 42.6 Å². The molecule has 0 aliphatic carbocycles. The van der Waals surface area contributed by atoms with Gasteiger partial charge in [-0.2, -0.15) is 4.31 Å². The largest absolute Gasteiger partial charge is 0.395 e. The molecule has 108 valence electrons. The molecule has 1 atom stereocenters. The summed E-state index contributed by atoms with van der Waals surface area (Å²) in [5.74, 6) is 0. The van der Waals surface area contributed by atoms with Crippen molar-refractivity contribution in [2.75, 3.05) is 19.7 Å². The number of nitrogens with zero attached hydrogens (tertiary/aromatic N) is 1. The lowest BCUT2D eigenvalue weighted by Crippen LogP contribution is -2.33. The Morgan fingerprint density at radius 2 is 2.00 bits per heavy atom. The molecule has 1 aromatic carbocycles. The lowest BCUT2D eigenvalue weighted by Gasteiger charge is -2.20. The number of aliphatic hydroxyl groups is 2. The average Bonchev–Trinajstić information content (AvgIpc) is 2.43. The number of hydrogen-bond donors (Lipinski definition) is 2. The van der Waals surface area contributed by atoms with E-state index < -0.39 is 16.1 Å². The minimum Gasteiger partial charge on any atom is -0.395 e. The quantitative estimate of drug-likeness (QED) is 0.788. The second-order valence-electron chi connectivity index (χ2n) is 4.22. The summed E-state index contributed by atoms with van der Waals surface area (Å²) in [4.78, 5) is 0.146. The highest BCUT2D eigenvalue weighted by Gasteiger charge is 2.23. The van der Waals surface area contributed by atoms with E-state index in [1.165, 1.54) is 16.4 Å². The molecule has 1 aromatic rings. The maximum absolute atomic E-state index is 12.3. The maximum atomic E-state index is 12.3. The normalized spacial score (nSPS) is 13.7. The molecule has 1 rings (SSSR count). The number of benzene rings is 1. The number of hydrogen-bond acceptors (Lipinski definition) is 4. The van der Waals surface area contributed by atoms with Crippen molar-refractivity contribution in [3.63, 3.8) is 0 Å². The Hall–Kier alpha value is -0.950. The summed E-state index contributed by atoms with van der Waals surface area (Å²) in [5, 5.41) is 18.7. The van der Waals surface area contributed by atoms with E-state index in [-0.39, 0.29) is 18.0 Å². The molecule has 0 aliphatic rings. The average molecular weight is 287 g/mol. The number of rotatable bonds is 7. The van der Waals surface area contributed by atoms with Crippen molar-refractivity contribution in [1.29, 1.82) is 0 Å². The second-order valence-corrected chi connectivity index (χ2v) is 6.15. The third-order valence-corrected chi connectivity index (χ3v) is 4.94. The number of aliphatic hydroxyl groups excluding tert-OH is 2. The SMILES string of the molecule is CCC(O)c1cccc(S(=O)(=O)N(CC)CCO)c1. The van der Waals surface area contributed by atoms with E-state index in [0.717, 1.165) is 0 Å². The number of likely N-dealkylation sites (N-methyl/N-ethyl adjacent to an activating group) is 1. The minimum atomic E-state index is -3.62. The third kappa shape index (κ3) is 3.76. The van der Waals surface area contributed by atoms with E-state index in [4.69, 9.17) is 5.11 Å². The first-order valence-electron chi connectivity index (χ1n) is 6.36. The molecule has 0 heterocycles. The smallest absolute Gasteiger partial charge is 0.243 e. The maximum Gasteiger partial charge on any atom is 0.243 e. The van der Waals surface area contributed by atoms with Crippen molar-refractivity contribution in [1.82, 2.24) is 4.31 Å². The van der Waals surface area contributed by atoms with Gasteiger partial charge in [0.15, 0.2) is 0 Å². The first-order chi connectivity index (χ1) is 8.97. The summed E-state index contributed by atoms with van der Waals surface area (Å²) in [6, 6.07) is 6.31. The van der Waals surface area contributed by atoms with Crippen LogP contribution in [0.15, 0.2) is 29.2 Å². The lowest BCUT2D eigenvalue weighted by atomic mass is 10.1. The van der Waals surface area contributed by atoms with E-state index in [2.05, 4.69) is 0 Å². The van der Waals surface area contributed by atoms with Gasteiger partial charge in [-0.05, 0) is 24.1 Å². The van der Waals surface area contributed by atoms with Crippen molar-refractivity contribution < 1.29 is 18.6 Å². The first-order valence-corrected chi connectivity index (χ1v) is 7.80. The molecule has 2 N–H and O–H groups in total. The molecule has 0 amide bonds. The molecular formula is C13H21NO4S. The summed E-state index contributed by atoms with van der Waals surface area (Å²) in [6.07, 6.45) is -0.138. The molecule has 1 unspecified atom stereocenters. The summed E-state index contributed by atoms with van der Waals surface area (Å²) < 4.78 is 25.9. The molecule has 0 radical (unpaired) electrons. The summed E-state index contributed by atoms with van der Waals surface area (Å²) in [5.41, 5.74) is 0.587. The zero-order chi connectivity index (χ0) is 14.5. The Bertz CT molecular complexity index is 501. The van der Waals surface area contributed by atoms with Gasteiger partial charge in [-0.15, -0.1) is 0 Å². The van der Waals surface area contributed by atoms with Crippen LogP contribution in [0.1, 0.15) is 31.9 Å². The van der Waals surface area contributed by atoms with E-state index in [1.54, 1.807) is 19.1 Å². The van der Waals surface area contributed by atoms with Gasteiger partial charge in [0.25, 0.3) is 0 Å². The van der Waals surface area contributed by atoms with Crippen LogP contribution in [0.5, 0.6) is 0 Å². The van der Waals surface area contributed by atoms with Crippen LogP contribution in [0.3, 0.4) is 0 Å². The zero-order valence-corrected chi connectivity index (χ0v) is 12.1. The van der Waals surface area contributed by atoms with Crippen molar-refractivity contribution >= 4 is 10.0 Å². The molecule has 0 bridgehead atoms. The molecule has 0 aliphatic heterocycles. The fraction of sp³-hybridized carbons (Fsp3) is 0.538. The van der Waals surface area contributed by atoms with Gasteiger partial charge < -0.3 is 10.2 Å². The molecule has 0 spiro atoms. The standard InChI is InChI=1S/C13H21NO4S/c1-3-13(16)11-6-5-7-12(10-11)19(17,18)14(4-2)8-9-15/h5-7,10,13,15-16H,3-4,8-9H2,1-2H3. The van der Waals surface area contributed by atoms with Gasteiger partial charge in [-0.1, -0.05) is 26.0 Å². The molecule has 0 fully saturated rings. The van der Waals surface area contributed by atoms with Gasteiger partial charge in [0.1, 0.15) is 0 Å². The van der Waals surface area contributed by atoms with Crippen LogP contribution in [0.4, 0.5) is 0 Å². The van der Waals surface area contributed by atoms with Gasteiger partial charge >= 0.3 is 0 Å². The Morgan fingerprint density at radius 1 is 1.32 bits per heavy atom.